The van der Waals surface area contributed by atoms with Gasteiger partial charge < -0.3 is 16.0 Å². The molecular formula is C16H28Cl2N4O. The molecular weight excluding hydrogens is 335 g/mol. The first-order valence-corrected chi connectivity index (χ1v) is 7.87. The number of nitrogens with one attached hydrogen (secondary N) is 3. The molecule has 23 heavy (non-hydrogen) atoms. The minimum absolute atomic E-state index is 0. The van der Waals surface area contributed by atoms with Crippen LogP contribution in [0.4, 0.5) is 5.82 Å². The smallest absolute Gasteiger partial charge is 0.255 e. The van der Waals surface area contributed by atoms with Crippen LogP contribution in [0.5, 0.6) is 0 Å². The Morgan fingerprint density at radius 2 is 2.22 bits per heavy atom. The second-order valence-corrected chi connectivity index (χ2v) is 5.96. The second-order valence-electron chi connectivity index (χ2n) is 5.96. The molecule has 7 heteroatoms. The number of hydrogen-bond acceptors (Lipinski definition) is 4. The van der Waals surface area contributed by atoms with E-state index in [1.807, 2.05) is 19.9 Å². The van der Waals surface area contributed by atoms with Crippen LogP contribution in [0, 0.1) is 5.92 Å². The van der Waals surface area contributed by atoms with Crippen LogP contribution in [0.15, 0.2) is 18.3 Å². The van der Waals surface area contributed by atoms with E-state index in [-0.39, 0.29) is 36.8 Å². The summed E-state index contributed by atoms with van der Waals surface area (Å²) < 4.78 is 0. The minimum atomic E-state index is -0.0463. The van der Waals surface area contributed by atoms with Gasteiger partial charge in [-0.15, -0.1) is 24.8 Å². The molecule has 1 aromatic heterocycles. The van der Waals surface area contributed by atoms with Crippen LogP contribution in [0.2, 0.25) is 0 Å². The van der Waals surface area contributed by atoms with Crippen molar-refractivity contribution in [2.45, 2.75) is 39.2 Å². The van der Waals surface area contributed by atoms with Crippen molar-refractivity contribution in [1.29, 1.82) is 0 Å². The molecule has 1 aromatic rings. The number of amides is 1. The number of hydrogen-bond donors (Lipinski definition) is 3. The molecule has 3 N–H and O–H groups in total. The maximum Gasteiger partial charge on any atom is 0.255 e. The lowest BCUT2D eigenvalue weighted by Crippen LogP contribution is -2.33. The van der Waals surface area contributed by atoms with Crippen molar-refractivity contribution < 1.29 is 4.79 Å². The highest BCUT2D eigenvalue weighted by molar-refractivity contribution is 5.98. The maximum absolute atomic E-state index is 12.3. The van der Waals surface area contributed by atoms with Gasteiger partial charge in [0.1, 0.15) is 5.82 Å². The summed E-state index contributed by atoms with van der Waals surface area (Å²) in [6.07, 6.45) is 5.24. The van der Waals surface area contributed by atoms with Gasteiger partial charge in [0.05, 0.1) is 5.56 Å². The van der Waals surface area contributed by atoms with Crippen LogP contribution in [0.1, 0.15) is 43.5 Å². The van der Waals surface area contributed by atoms with Gasteiger partial charge in [-0.05, 0) is 64.3 Å². The summed E-state index contributed by atoms with van der Waals surface area (Å²) in [7, 11) is 0. The van der Waals surface area contributed by atoms with E-state index in [4.69, 9.17) is 0 Å². The van der Waals surface area contributed by atoms with Gasteiger partial charge in [0.25, 0.3) is 5.91 Å². The zero-order chi connectivity index (χ0) is 15.1. The highest BCUT2D eigenvalue weighted by atomic mass is 35.5. The predicted molar refractivity (Wildman–Crippen MR) is 100 cm³/mol. The average molecular weight is 363 g/mol. The Morgan fingerprint density at radius 1 is 1.43 bits per heavy atom. The van der Waals surface area contributed by atoms with Crippen LogP contribution in [-0.4, -0.2) is 36.6 Å². The molecule has 1 fully saturated rings. The molecule has 1 aliphatic rings. The van der Waals surface area contributed by atoms with E-state index in [2.05, 4.69) is 20.9 Å². The number of halogens is 2. The molecule has 2 rings (SSSR count). The number of nitrogens with zero attached hydrogens (tertiary/aromatic N) is 1. The Balaban J connectivity index is 0.00000242. The number of piperidine rings is 1. The van der Waals surface area contributed by atoms with Crippen molar-refractivity contribution in [3.8, 4) is 0 Å². The number of rotatable bonds is 6. The third kappa shape index (κ3) is 7.38. The molecule has 5 nitrogen and oxygen atoms in total. The van der Waals surface area contributed by atoms with Gasteiger partial charge in [-0.25, -0.2) is 4.98 Å². The van der Waals surface area contributed by atoms with E-state index in [0.717, 1.165) is 26.1 Å². The van der Waals surface area contributed by atoms with Gasteiger partial charge in [-0.1, -0.05) is 0 Å². The summed E-state index contributed by atoms with van der Waals surface area (Å²) in [5.74, 6) is 1.29. The number of anilines is 1. The summed E-state index contributed by atoms with van der Waals surface area (Å²) in [6, 6.07) is 3.86. The van der Waals surface area contributed by atoms with E-state index in [0.29, 0.717) is 17.3 Å². The summed E-state index contributed by atoms with van der Waals surface area (Å²) in [6.45, 7) is 6.99. The number of aromatic nitrogens is 1. The van der Waals surface area contributed by atoms with Crippen LogP contribution in [-0.2, 0) is 0 Å². The first-order chi connectivity index (χ1) is 10.2. The summed E-state index contributed by atoms with van der Waals surface area (Å²) >= 11 is 0. The van der Waals surface area contributed by atoms with Crippen LogP contribution < -0.4 is 16.0 Å². The Kier molecular flexibility index (Phi) is 11.0. The molecule has 0 saturated carbocycles. The molecule has 1 unspecified atom stereocenters. The zero-order valence-corrected chi connectivity index (χ0v) is 15.4. The fraction of sp³-hybridized carbons (Fsp3) is 0.625. The van der Waals surface area contributed by atoms with Gasteiger partial charge >= 0.3 is 0 Å². The fourth-order valence-corrected chi connectivity index (χ4v) is 2.63. The lowest BCUT2D eigenvalue weighted by atomic mass is 9.96. The van der Waals surface area contributed by atoms with Crippen molar-refractivity contribution >= 4 is 36.5 Å². The molecule has 1 aliphatic heterocycles. The van der Waals surface area contributed by atoms with E-state index < -0.39 is 0 Å². The van der Waals surface area contributed by atoms with Crippen molar-refractivity contribution in [2.24, 2.45) is 5.92 Å². The Hall–Kier alpha value is -1.04. The monoisotopic (exact) mass is 362 g/mol. The average Bonchev–Trinajstić information content (AvgIpc) is 2.48. The third-order valence-electron chi connectivity index (χ3n) is 3.71. The molecule has 0 spiro atoms. The lowest BCUT2D eigenvalue weighted by Gasteiger charge is -2.22. The molecule has 1 amide bonds. The largest absolute Gasteiger partial charge is 0.367 e. The van der Waals surface area contributed by atoms with Gasteiger partial charge in [0.2, 0.25) is 0 Å². The highest BCUT2D eigenvalue weighted by Gasteiger charge is 2.15. The molecule has 0 aliphatic carbocycles. The Labute approximate surface area is 151 Å². The van der Waals surface area contributed by atoms with E-state index in [1.54, 1.807) is 12.3 Å². The Morgan fingerprint density at radius 3 is 2.87 bits per heavy atom. The topological polar surface area (TPSA) is 66.0 Å². The normalized spacial score (nSPS) is 16.9. The van der Waals surface area contributed by atoms with Crippen LogP contribution >= 0.6 is 24.8 Å². The van der Waals surface area contributed by atoms with Gasteiger partial charge in [0, 0.05) is 18.8 Å². The number of carbonyl (C=O) groups excluding carboxylic acids is 1. The molecule has 0 radical (unpaired) electrons. The number of pyridine rings is 1. The molecule has 0 bridgehead atoms. The quantitative estimate of drug-likeness (QED) is 0.727. The first-order valence-electron chi connectivity index (χ1n) is 7.87. The fourth-order valence-electron chi connectivity index (χ4n) is 2.63. The zero-order valence-electron chi connectivity index (χ0n) is 13.8. The van der Waals surface area contributed by atoms with Crippen molar-refractivity contribution in [3.05, 3.63) is 23.9 Å². The summed E-state index contributed by atoms with van der Waals surface area (Å²) in [4.78, 5) is 16.5. The number of carbonyl (C=O) groups is 1. The maximum atomic E-state index is 12.3. The molecule has 1 atom stereocenters. The van der Waals surface area contributed by atoms with Crippen molar-refractivity contribution in [2.75, 3.05) is 25.0 Å². The van der Waals surface area contributed by atoms with Gasteiger partial charge in [-0.2, -0.15) is 0 Å². The molecule has 132 valence electrons. The highest BCUT2D eigenvalue weighted by Crippen LogP contribution is 2.14. The first kappa shape index (κ1) is 22.0. The van der Waals surface area contributed by atoms with Crippen LogP contribution in [0.25, 0.3) is 0 Å². The van der Waals surface area contributed by atoms with Crippen molar-refractivity contribution in [1.82, 2.24) is 15.6 Å². The van der Waals surface area contributed by atoms with E-state index in [1.165, 1.54) is 12.8 Å². The van der Waals surface area contributed by atoms with Gasteiger partial charge in [-0.3, -0.25) is 4.79 Å². The molecule has 0 aromatic carbocycles. The van der Waals surface area contributed by atoms with E-state index >= 15 is 0 Å². The Bertz CT molecular complexity index is 465. The lowest BCUT2D eigenvalue weighted by molar-refractivity contribution is 0.0951. The molecule has 2 heterocycles. The third-order valence-corrected chi connectivity index (χ3v) is 3.71. The van der Waals surface area contributed by atoms with E-state index in [9.17, 15) is 4.79 Å². The summed E-state index contributed by atoms with van der Waals surface area (Å²) in [5, 5.41) is 9.63. The standard InChI is InChI=1S/C16H26N4O.2ClH/c1-12(2)20-15-14(6-4-9-18-15)16(21)19-10-7-13-5-3-8-17-11-13;;/h4,6,9,12-13,17H,3,5,7-8,10-11H2,1-2H3,(H,18,20)(H,19,21);2*1H. The van der Waals surface area contributed by atoms with Crippen LogP contribution in [0.3, 0.4) is 0 Å². The summed E-state index contributed by atoms with van der Waals surface area (Å²) in [5.41, 5.74) is 0.618. The van der Waals surface area contributed by atoms with Crippen molar-refractivity contribution in [3.63, 3.8) is 0 Å². The predicted octanol–water partition coefficient (Wildman–Crippen LogP) is 2.87. The SMILES string of the molecule is CC(C)Nc1ncccc1C(=O)NCCC1CCCNC1.Cl.Cl. The van der Waals surface area contributed by atoms with Gasteiger partial charge in [0.15, 0.2) is 0 Å². The minimum Gasteiger partial charge on any atom is -0.367 e. The second kappa shape index (κ2) is 11.5. The molecule has 1 saturated heterocycles.